The van der Waals surface area contributed by atoms with E-state index in [2.05, 4.69) is 15.2 Å². The van der Waals surface area contributed by atoms with E-state index in [9.17, 15) is 14.4 Å². The molecule has 7 heteroatoms. The molecule has 2 aliphatic heterocycles. The second kappa shape index (κ2) is 9.59. The molecule has 1 atom stereocenters. The van der Waals surface area contributed by atoms with Gasteiger partial charge in [0.05, 0.1) is 13.1 Å². The van der Waals surface area contributed by atoms with Crippen molar-refractivity contribution >= 4 is 23.6 Å². The topological polar surface area (TPSA) is 82.1 Å². The van der Waals surface area contributed by atoms with Gasteiger partial charge in [-0.1, -0.05) is 43.7 Å². The molecule has 4 amide bonds. The molecular weight excluding hydrogens is 356 g/mol. The molecule has 2 saturated heterocycles. The van der Waals surface area contributed by atoms with Gasteiger partial charge in [-0.05, 0) is 37.9 Å². The Morgan fingerprint density at radius 1 is 1.11 bits per heavy atom. The number of hydrogen-bond donors (Lipinski definition) is 1. The highest BCUT2D eigenvalue weighted by atomic mass is 16.2. The number of likely N-dealkylation sites (tertiary alicyclic amines) is 1. The van der Waals surface area contributed by atoms with Gasteiger partial charge in [0.25, 0.3) is 0 Å². The van der Waals surface area contributed by atoms with Crippen LogP contribution in [0.5, 0.6) is 0 Å². The number of rotatable bonds is 7. The maximum absolute atomic E-state index is 13.0. The van der Waals surface area contributed by atoms with Gasteiger partial charge in [-0.25, -0.2) is 4.79 Å². The smallest absolute Gasteiger partial charge is 0.301 e. The van der Waals surface area contributed by atoms with E-state index in [-0.39, 0.29) is 6.54 Å². The van der Waals surface area contributed by atoms with Gasteiger partial charge < -0.3 is 4.90 Å². The van der Waals surface area contributed by atoms with Crippen LogP contribution in [0.4, 0.5) is 4.79 Å². The van der Waals surface area contributed by atoms with Crippen LogP contribution in [-0.2, 0) is 16.1 Å². The van der Waals surface area contributed by atoms with Gasteiger partial charge in [-0.15, -0.1) is 0 Å². The molecule has 150 valence electrons. The van der Waals surface area contributed by atoms with Gasteiger partial charge in [0.1, 0.15) is 0 Å². The SMILES string of the molecule is CCC(=NCCN1CCCCC1)C1C(=O)NC(=O)N(Cc2ccccc2)C1=O. The molecule has 1 aromatic rings. The average molecular weight is 384 g/mol. The first-order valence-corrected chi connectivity index (χ1v) is 10.1. The summed E-state index contributed by atoms with van der Waals surface area (Å²) in [6.07, 6.45) is 4.20. The van der Waals surface area contributed by atoms with Crippen molar-refractivity contribution in [3.8, 4) is 0 Å². The van der Waals surface area contributed by atoms with E-state index < -0.39 is 23.8 Å². The second-order valence-corrected chi connectivity index (χ2v) is 7.27. The van der Waals surface area contributed by atoms with E-state index in [4.69, 9.17) is 0 Å². The highest BCUT2D eigenvalue weighted by Crippen LogP contribution is 2.18. The van der Waals surface area contributed by atoms with Gasteiger partial charge in [0, 0.05) is 12.3 Å². The minimum Gasteiger partial charge on any atom is -0.301 e. The lowest BCUT2D eigenvalue weighted by molar-refractivity contribution is -0.139. The number of carbonyl (C=O) groups is 3. The van der Waals surface area contributed by atoms with Crippen LogP contribution in [0.2, 0.25) is 0 Å². The Labute approximate surface area is 165 Å². The minimum atomic E-state index is -1.02. The number of benzene rings is 1. The van der Waals surface area contributed by atoms with E-state index in [1.54, 1.807) is 0 Å². The van der Waals surface area contributed by atoms with Crippen LogP contribution < -0.4 is 5.32 Å². The number of piperidine rings is 1. The summed E-state index contributed by atoms with van der Waals surface area (Å²) in [5, 5.41) is 2.32. The van der Waals surface area contributed by atoms with Crippen LogP contribution in [0.25, 0.3) is 0 Å². The Kier molecular flexibility index (Phi) is 6.92. The monoisotopic (exact) mass is 384 g/mol. The van der Waals surface area contributed by atoms with Crippen LogP contribution in [0, 0.1) is 5.92 Å². The summed E-state index contributed by atoms with van der Waals surface area (Å²) in [6.45, 7) is 5.59. The van der Waals surface area contributed by atoms with Crippen molar-refractivity contribution in [2.75, 3.05) is 26.2 Å². The molecule has 2 fully saturated rings. The fraction of sp³-hybridized carbons (Fsp3) is 0.524. The van der Waals surface area contributed by atoms with E-state index in [0.717, 1.165) is 30.1 Å². The number of nitrogens with one attached hydrogen (secondary N) is 1. The molecule has 2 aliphatic rings. The lowest BCUT2D eigenvalue weighted by Gasteiger charge is -2.31. The number of barbiturate groups is 1. The maximum Gasteiger partial charge on any atom is 0.331 e. The fourth-order valence-corrected chi connectivity index (χ4v) is 3.75. The molecular formula is C21H28N4O3. The fourth-order valence-electron chi connectivity index (χ4n) is 3.75. The van der Waals surface area contributed by atoms with Gasteiger partial charge >= 0.3 is 6.03 Å². The summed E-state index contributed by atoms with van der Waals surface area (Å²) in [5.41, 5.74) is 1.38. The number of nitrogens with zero attached hydrogens (tertiary/aromatic N) is 3. The standard InChI is InChI=1S/C21H28N4O3/c1-2-17(22-11-14-24-12-7-4-8-13-24)18-19(26)23-21(28)25(20(18)27)15-16-9-5-3-6-10-16/h3,5-6,9-10,18H,2,4,7-8,11-15H2,1H3,(H,23,26,28). The summed E-state index contributed by atoms with van der Waals surface area (Å²) >= 11 is 0. The van der Waals surface area contributed by atoms with Crippen LogP contribution in [-0.4, -0.2) is 59.5 Å². The minimum absolute atomic E-state index is 0.139. The molecule has 0 radical (unpaired) electrons. The molecule has 1 aromatic carbocycles. The van der Waals surface area contributed by atoms with Crippen molar-refractivity contribution in [3.63, 3.8) is 0 Å². The Morgan fingerprint density at radius 3 is 2.50 bits per heavy atom. The third-order valence-corrected chi connectivity index (χ3v) is 5.31. The van der Waals surface area contributed by atoms with E-state index in [1.807, 2.05) is 37.3 Å². The lowest BCUT2D eigenvalue weighted by atomic mass is 9.96. The molecule has 0 aliphatic carbocycles. The first-order chi connectivity index (χ1) is 13.6. The van der Waals surface area contributed by atoms with Crippen LogP contribution in [0.15, 0.2) is 35.3 Å². The highest BCUT2D eigenvalue weighted by Gasteiger charge is 2.42. The Bertz CT molecular complexity index is 741. The quantitative estimate of drug-likeness (QED) is 0.577. The molecule has 0 saturated carbocycles. The van der Waals surface area contributed by atoms with Crippen LogP contribution in [0.1, 0.15) is 38.2 Å². The normalized spacial score (nSPS) is 21.8. The molecule has 7 nitrogen and oxygen atoms in total. The Balaban J connectivity index is 1.69. The summed E-state index contributed by atoms with van der Waals surface area (Å²) in [5.74, 6) is -2.08. The summed E-state index contributed by atoms with van der Waals surface area (Å²) in [6, 6.07) is 8.60. The average Bonchev–Trinajstić information content (AvgIpc) is 2.71. The van der Waals surface area contributed by atoms with Gasteiger partial charge in [-0.3, -0.25) is 24.8 Å². The van der Waals surface area contributed by atoms with Crippen molar-refractivity contribution in [2.45, 2.75) is 39.2 Å². The lowest BCUT2D eigenvalue weighted by Crippen LogP contribution is -2.59. The first-order valence-electron chi connectivity index (χ1n) is 10.1. The third-order valence-electron chi connectivity index (χ3n) is 5.31. The van der Waals surface area contributed by atoms with Crippen molar-refractivity contribution < 1.29 is 14.4 Å². The van der Waals surface area contributed by atoms with E-state index in [1.165, 1.54) is 19.3 Å². The van der Waals surface area contributed by atoms with Crippen molar-refractivity contribution in [1.29, 1.82) is 0 Å². The number of amides is 4. The summed E-state index contributed by atoms with van der Waals surface area (Å²) in [4.78, 5) is 45.7. The number of aliphatic imine (C=N–C) groups is 1. The number of hydrogen-bond acceptors (Lipinski definition) is 5. The largest absolute Gasteiger partial charge is 0.331 e. The second-order valence-electron chi connectivity index (χ2n) is 7.27. The van der Waals surface area contributed by atoms with Crippen LogP contribution in [0.3, 0.4) is 0 Å². The van der Waals surface area contributed by atoms with E-state index >= 15 is 0 Å². The van der Waals surface area contributed by atoms with Crippen molar-refractivity contribution in [1.82, 2.24) is 15.1 Å². The zero-order chi connectivity index (χ0) is 19.9. The molecule has 0 aromatic heterocycles. The van der Waals surface area contributed by atoms with Crippen molar-refractivity contribution in [2.24, 2.45) is 10.9 Å². The predicted octanol–water partition coefficient (Wildman–Crippen LogP) is 2.22. The predicted molar refractivity (Wildman–Crippen MR) is 107 cm³/mol. The molecule has 28 heavy (non-hydrogen) atoms. The zero-order valence-electron chi connectivity index (χ0n) is 16.4. The third kappa shape index (κ3) is 4.84. The number of imide groups is 2. The first kappa shape index (κ1) is 20.2. The summed E-state index contributed by atoms with van der Waals surface area (Å²) < 4.78 is 0. The summed E-state index contributed by atoms with van der Waals surface area (Å²) in [7, 11) is 0. The number of carbonyl (C=O) groups excluding carboxylic acids is 3. The van der Waals surface area contributed by atoms with E-state index in [0.29, 0.717) is 18.7 Å². The van der Waals surface area contributed by atoms with Gasteiger partial charge in [-0.2, -0.15) is 0 Å². The Morgan fingerprint density at radius 2 is 1.82 bits per heavy atom. The molecule has 3 rings (SSSR count). The molecule has 1 N–H and O–H groups in total. The number of urea groups is 1. The molecule has 1 unspecified atom stereocenters. The van der Waals surface area contributed by atoms with Crippen molar-refractivity contribution in [3.05, 3.63) is 35.9 Å². The highest BCUT2D eigenvalue weighted by molar-refractivity contribution is 6.27. The Hall–Kier alpha value is -2.54. The molecule has 2 heterocycles. The molecule has 0 spiro atoms. The van der Waals surface area contributed by atoms with Crippen LogP contribution >= 0.6 is 0 Å². The molecule has 0 bridgehead atoms. The van der Waals surface area contributed by atoms with Gasteiger partial charge in [0.15, 0.2) is 5.92 Å². The zero-order valence-corrected chi connectivity index (χ0v) is 16.4. The van der Waals surface area contributed by atoms with Gasteiger partial charge in [0.2, 0.25) is 11.8 Å². The maximum atomic E-state index is 13.0.